The third-order valence-electron chi connectivity index (χ3n) is 4.05. The Balaban J connectivity index is 2.10. The van der Waals surface area contributed by atoms with Crippen molar-refractivity contribution >= 4 is 22.4 Å². The first kappa shape index (κ1) is 15.8. The van der Waals surface area contributed by atoms with Gasteiger partial charge in [0.15, 0.2) is 0 Å². The Kier molecular flexibility index (Phi) is 4.51. The van der Waals surface area contributed by atoms with Gasteiger partial charge < -0.3 is 10.3 Å². The minimum Gasteiger partial charge on any atom is -0.323 e. The van der Waals surface area contributed by atoms with Crippen molar-refractivity contribution in [1.82, 2.24) is 4.57 Å². The lowest BCUT2D eigenvalue weighted by Crippen LogP contribution is -2.28. The predicted molar refractivity (Wildman–Crippen MR) is 96.0 cm³/mol. The van der Waals surface area contributed by atoms with Crippen LogP contribution < -0.4 is 11.3 Å². The van der Waals surface area contributed by atoms with E-state index in [4.69, 9.17) is 17.3 Å². The zero-order valence-electron chi connectivity index (χ0n) is 13.0. The molecule has 0 unspecified atom stereocenters. The quantitative estimate of drug-likeness (QED) is 0.790. The predicted octanol–water partition coefficient (Wildman–Crippen LogP) is 3.92. The van der Waals surface area contributed by atoms with E-state index in [9.17, 15) is 4.79 Å². The minimum absolute atomic E-state index is 0.0728. The SMILES string of the molecule is C[C@H](N)c1cc2cccc(Cl)c2c(=O)n1CCc1ccccc1. The summed E-state index contributed by atoms with van der Waals surface area (Å²) in [6, 6.07) is 17.4. The fraction of sp³-hybridized carbons (Fsp3) is 0.211. The van der Waals surface area contributed by atoms with Crippen molar-refractivity contribution in [2.45, 2.75) is 25.9 Å². The molecule has 0 spiro atoms. The highest BCUT2D eigenvalue weighted by atomic mass is 35.5. The van der Waals surface area contributed by atoms with Gasteiger partial charge >= 0.3 is 0 Å². The van der Waals surface area contributed by atoms with Crippen molar-refractivity contribution in [2.75, 3.05) is 0 Å². The van der Waals surface area contributed by atoms with Crippen LogP contribution in [0, 0.1) is 0 Å². The van der Waals surface area contributed by atoms with E-state index in [0.717, 1.165) is 17.5 Å². The molecule has 23 heavy (non-hydrogen) atoms. The molecular weight excluding hydrogens is 308 g/mol. The average Bonchev–Trinajstić information content (AvgIpc) is 2.54. The highest BCUT2D eigenvalue weighted by molar-refractivity contribution is 6.35. The first-order valence-electron chi connectivity index (χ1n) is 7.69. The van der Waals surface area contributed by atoms with Crippen LogP contribution in [0.4, 0.5) is 0 Å². The molecule has 0 saturated carbocycles. The largest absolute Gasteiger partial charge is 0.323 e. The maximum atomic E-state index is 12.9. The molecule has 0 aliphatic rings. The monoisotopic (exact) mass is 326 g/mol. The van der Waals surface area contributed by atoms with Crippen LogP contribution in [0.5, 0.6) is 0 Å². The fourth-order valence-corrected chi connectivity index (χ4v) is 3.13. The van der Waals surface area contributed by atoms with Crippen LogP contribution in [0.1, 0.15) is 24.2 Å². The molecule has 0 aliphatic carbocycles. The van der Waals surface area contributed by atoms with Gasteiger partial charge in [0.2, 0.25) is 0 Å². The Morgan fingerprint density at radius 3 is 2.57 bits per heavy atom. The molecule has 0 radical (unpaired) electrons. The molecule has 4 heteroatoms. The summed E-state index contributed by atoms with van der Waals surface area (Å²) in [4.78, 5) is 12.9. The Morgan fingerprint density at radius 2 is 1.87 bits per heavy atom. The van der Waals surface area contributed by atoms with Crippen LogP contribution in [0.3, 0.4) is 0 Å². The molecule has 0 aliphatic heterocycles. The second kappa shape index (κ2) is 6.57. The van der Waals surface area contributed by atoms with Gasteiger partial charge in [0.25, 0.3) is 5.56 Å². The summed E-state index contributed by atoms with van der Waals surface area (Å²) in [6.45, 7) is 2.48. The van der Waals surface area contributed by atoms with Gasteiger partial charge in [-0.1, -0.05) is 54.1 Å². The van der Waals surface area contributed by atoms with Gasteiger partial charge in [-0.15, -0.1) is 0 Å². The Labute approximate surface area is 140 Å². The normalized spacial score (nSPS) is 12.5. The van der Waals surface area contributed by atoms with Gasteiger partial charge in [0.1, 0.15) is 0 Å². The Morgan fingerprint density at radius 1 is 1.13 bits per heavy atom. The molecule has 0 fully saturated rings. The number of aryl methyl sites for hydroxylation is 1. The van der Waals surface area contributed by atoms with Crippen molar-refractivity contribution < 1.29 is 0 Å². The molecule has 1 aromatic heterocycles. The molecule has 3 aromatic rings. The Hall–Kier alpha value is -2.10. The van der Waals surface area contributed by atoms with Crippen molar-refractivity contribution in [2.24, 2.45) is 5.73 Å². The fourth-order valence-electron chi connectivity index (χ4n) is 2.87. The first-order chi connectivity index (χ1) is 11.1. The molecule has 0 amide bonds. The summed E-state index contributed by atoms with van der Waals surface area (Å²) >= 11 is 6.24. The van der Waals surface area contributed by atoms with E-state index in [-0.39, 0.29) is 11.6 Å². The maximum absolute atomic E-state index is 12.9. The second-order valence-electron chi connectivity index (χ2n) is 5.75. The van der Waals surface area contributed by atoms with Gasteiger partial charge in [-0.3, -0.25) is 4.79 Å². The number of rotatable bonds is 4. The van der Waals surface area contributed by atoms with E-state index < -0.39 is 0 Å². The number of nitrogens with zero attached hydrogens (tertiary/aromatic N) is 1. The van der Waals surface area contributed by atoms with Crippen LogP contribution in [-0.4, -0.2) is 4.57 Å². The molecule has 1 heterocycles. The molecule has 3 rings (SSSR count). The van der Waals surface area contributed by atoms with Crippen molar-refractivity contribution in [1.29, 1.82) is 0 Å². The number of hydrogen-bond acceptors (Lipinski definition) is 2. The van der Waals surface area contributed by atoms with Gasteiger partial charge in [0, 0.05) is 18.3 Å². The molecule has 3 nitrogen and oxygen atoms in total. The minimum atomic E-state index is -0.221. The average molecular weight is 327 g/mol. The lowest BCUT2D eigenvalue weighted by atomic mass is 10.1. The molecular formula is C19H19ClN2O. The summed E-state index contributed by atoms with van der Waals surface area (Å²) < 4.78 is 1.76. The Bertz CT molecular complexity index is 885. The summed E-state index contributed by atoms with van der Waals surface area (Å²) in [5.41, 5.74) is 8.04. The van der Waals surface area contributed by atoms with Gasteiger partial charge in [-0.2, -0.15) is 0 Å². The second-order valence-corrected chi connectivity index (χ2v) is 6.16. The van der Waals surface area contributed by atoms with Gasteiger partial charge in [-0.05, 0) is 36.4 Å². The number of nitrogens with two attached hydrogens (primary N) is 1. The van der Waals surface area contributed by atoms with Gasteiger partial charge in [0.05, 0.1) is 10.4 Å². The van der Waals surface area contributed by atoms with Crippen molar-refractivity contribution in [3.05, 3.63) is 81.2 Å². The van der Waals surface area contributed by atoms with Crippen LogP contribution >= 0.6 is 11.6 Å². The smallest absolute Gasteiger partial charge is 0.260 e. The van der Waals surface area contributed by atoms with E-state index in [1.807, 2.05) is 43.3 Å². The van der Waals surface area contributed by atoms with Gasteiger partial charge in [-0.25, -0.2) is 0 Å². The first-order valence-corrected chi connectivity index (χ1v) is 8.07. The lowest BCUT2D eigenvalue weighted by Gasteiger charge is -2.17. The number of halogens is 1. The zero-order valence-corrected chi connectivity index (χ0v) is 13.8. The molecule has 2 aromatic carbocycles. The van der Waals surface area contributed by atoms with Crippen molar-refractivity contribution in [3.63, 3.8) is 0 Å². The summed E-state index contributed by atoms with van der Waals surface area (Å²) in [7, 11) is 0. The standard InChI is InChI=1S/C19H19ClN2O/c1-13(21)17-12-15-8-5-9-16(20)18(15)19(23)22(17)11-10-14-6-3-2-4-7-14/h2-9,12-13H,10-11,21H2,1H3/t13-/m0/s1. The number of fused-ring (bicyclic) bond motifs is 1. The molecule has 0 saturated heterocycles. The number of aromatic nitrogens is 1. The van der Waals surface area contributed by atoms with E-state index >= 15 is 0 Å². The third-order valence-corrected chi connectivity index (χ3v) is 4.37. The van der Waals surface area contributed by atoms with Crippen LogP contribution in [0.15, 0.2) is 59.4 Å². The lowest BCUT2D eigenvalue weighted by molar-refractivity contribution is 0.602. The van der Waals surface area contributed by atoms with Crippen LogP contribution in [0.2, 0.25) is 5.02 Å². The maximum Gasteiger partial charge on any atom is 0.260 e. The molecule has 118 valence electrons. The summed E-state index contributed by atoms with van der Waals surface area (Å²) in [6.07, 6.45) is 0.774. The van der Waals surface area contributed by atoms with E-state index in [0.29, 0.717) is 17.0 Å². The summed E-state index contributed by atoms with van der Waals surface area (Å²) in [5.74, 6) is 0. The van der Waals surface area contributed by atoms with E-state index in [1.54, 1.807) is 10.6 Å². The number of pyridine rings is 1. The molecule has 1 atom stereocenters. The number of benzene rings is 2. The highest BCUT2D eigenvalue weighted by Gasteiger charge is 2.14. The van der Waals surface area contributed by atoms with Crippen molar-refractivity contribution in [3.8, 4) is 0 Å². The zero-order chi connectivity index (χ0) is 16.4. The van der Waals surface area contributed by atoms with E-state index in [1.165, 1.54) is 5.56 Å². The summed E-state index contributed by atoms with van der Waals surface area (Å²) in [5, 5.41) is 1.88. The molecule has 0 bridgehead atoms. The van der Waals surface area contributed by atoms with Crippen LogP contribution in [-0.2, 0) is 13.0 Å². The molecule has 2 N–H and O–H groups in total. The van der Waals surface area contributed by atoms with Crippen LogP contribution in [0.25, 0.3) is 10.8 Å². The topological polar surface area (TPSA) is 48.0 Å². The highest BCUT2D eigenvalue weighted by Crippen LogP contribution is 2.23. The number of hydrogen-bond donors (Lipinski definition) is 1. The van der Waals surface area contributed by atoms with E-state index in [2.05, 4.69) is 12.1 Å². The third kappa shape index (κ3) is 3.16.